The van der Waals surface area contributed by atoms with E-state index in [0.29, 0.717) is 0 Å². The molecule has 0 saturated heterocycles. The van der Waals surface area contributed by atoms with E-state index in [0.717, 1.165) is 26.6 Å². The van der Waals surface area contributed by atoms with Crippen LogP contribution < -0.4 is 0 Å². The van der Waals surface area contributed by atoms with Gasteiger partial charge in [-0.2, -0.15) is 0 Å². The highest BCUT2D eigenvalue weighted by molar-refractivity contribution is 7.21. The normalized spacial score (nSPS) is 11.9. The maximum atomic E-state index is 4.76. The van der Waals surface area contributed by atoms with Gasteiger partial charge in [-0.15, -0.1) is 11.3 Å². The molecule has 9 rings (SSSR count). The molecule has 0 spiro atoms. The van der Waals surface area contributed by atoms with Crippen LogP contribution in [-0.4, -0.2) is 19.1 Å². The molecule has 4 nitrogen and oxygen atoms in total. The van der Waals surface area contributed by atoms with E-state index in [-0.39, 0.29) is 0 Å². The van der Waals surface area contributed by atoms with E-state index in [1.54, 1.807) is 17.5 Å². The molecule has 0 N–H and O–H groups in total. The summed E-state index contributed by atoms with van der Waals surface area (Å²) in [5, 5.41) is 5.98. The van der Waals surface area contributed by atoms with Crippen LogP contribution in [0.5, 0.6) is 0 Å². The van der Waals surface area contributed by atoms with Crippen molar-refractivity contribution in [1.29, 1.82) is 0 Å². The van der Waals surface area contributed by atoms with Gasteiger partial charge < -0.3 is 9.13 Å². The molecule has 0 amide bonds. The summed E-state index contributed by atoms with van der Waals surface area (Å²) in [5.74, 6) is 0. The van der Waals surface area contributed by atoms with Gasteiger partial charge in [0.2, 0.25) is 0 Å². The van der Waals surface area contributed by atoms with Gasteiger partial charge in [-0.25, -0.2) is 9.97 Å². The number of rotatable bonds is 3. The number of hydrogen-bond acceptors (Lipinski definition) is 3. The number of hydrogen-bond donors (Lipinski definition) is 0. The number of aromatic nitrogens is 4. The molecule has 5 heteroatoms. The predicted molar refractivity (Wildman–Crippen MR) is 172 cm³/mol. The first kappa shape index (κ1) is 22.5. The lowest BCUT2D eigenvalue weighted by molar-refractivity contribution is 1.17. The Hall–Kier alpha value is -5.26. The lowest BCUT2D eigenvalue weighted by Gasteiger charge is -2.09. The van der Waals surface area contributed by atoms with Gasteiger partial charge in [0.1, 0.15) is 5.01 Å². The zero-order valence-electron chi connectivity index (χ0n) is 21.9. The Morgan fingerprint density at radius 2 is 1.07 bits per heavy atom. The maximum Gasteiger partial charge on any atom is 0.170 e. The SMILES string of the molecule is c1ccc(-n2c3ccccc3c3cc4c(cc32)c2ccccc2n4-c2ccc(-c3nc4ncccc4s3)cc2)cc1. The van der Waals surface area contributed by atoms with Gasteiger partial charge in [-0.1, -0.05) is 54.6 Å². The summed E-state index contributed by atoms with van der Waals surface area (Å²) >= 11 is 1.68. The van der Waals surface area contributed by atoms with Crippen molar-refractivity contribution in [3.8, 4) is 21.9 Å². The van der Waals surface area contributed by atoms with E-state index in [1.807, 2.05) is 6.07 Å². The largest absolute Gasteiger partial charge is 0.309 e. The van der Waals surface area contributed by atoms with Crippen molar-refractivity contribution in [2.75, 3.05) is 0 Å². The molecule has 5 aromatic carbocycles. The van der Waals surface area contributed by atoms with Crippen LogP contribution in [0.3, 0.4) is 0 Å². The lowest BCUT2D eigenvalue weighted by Crippen LogP contribution is -1.94. The molecule has 0 bridgehead atoms. The van der Waals surface area contributed by atoms with E-state index in [2.05, 4.69) is 135 Å². The Kier molecular flexibility index (Phi) is 4.74. The first-order valence-corrected chi connectivity index (χ1v) is 14.5. The van der Waals surface area contributed by atoms with Crippen LogP contribution in [0.4, 0.5) is 0 Å². The number of benzene rings is 5. The topological polar surface area (TPSA) is 35.6 Å². The summed E-state index contributed by atoms with van der Waals surface area (Å²) < 4.78 is 5.88. The molecule has 9 aromatic rings. The van der Waals surface area contributed by atoms with Crippen molar-refractivity contribution in [1.82, 2.24) is 19.1 Å². The van der Waals surface area contributed by atoms with Crippen LogP contribution in [-0.2, 0) is 0 Å². The molecular formula is C36H22N4S. The van der Waals surface area contributed by atoms with Gasteiger partial charge in [-0.05, 0) is 72.8 Å². The van der Waals surface area contributed by atoms with Gasteiger partial charge in [0.15, 0.2) is 5.65 Å². The molecule has 0 unspecified atom stereocenters. The van der Waals surface area contributed by atoms with Crippen LogP contribution in [0, 0.1) is 0 Å². The smallest absolute Gasteiger partial charge is 0.170 e. The Morgan fingerprint density at radius 3 is 1.71 bits per heavy atom. The molecule has 0 aliphatic carbocycles. The van der Waals surface area contributed by atoms with Crippen LogP contribution in [0.15, 0.2) is 134 Å². The lowest BCUT2D eigenvalue weighted by atomic mass is 10.1. The van der Waals surface area contributed by atoms with Gasteiger partial charge >= 0.3 is 0 Å². The molecule has 4 aromatic heterocycles. The van der Waals surface area contributed by atoms with Crippen LogP contribution in [0.2, 0.25) is 0 Å². The minimum absolute atomic E-state index is 0.803. The van der Waals surface area contributed by atoms with E-state index < -0.39 is 0 Å². The Balaban J connectivity index is 1.30. The van der Waals surface area contributed by atoms with Crippen molar-refractivity contribution in [2.45, 2.75) is 0 Å². The maximum absolute atomic E-state index is 4.76. The summed E-state index contributed by atoms with van der Waals surface area (Å²) in [6, 6.07) is 45.6. The number of nitrogens with zero attached hydrogens (tertiary/aromatic N) is 4. The van der Waals surface area contributed by atoms with Gasteiger partial charge in [0, 0.05) is 44.7 Å². The van der Waals surface area contributed by atoms with Crippen LogP contribution >= 0.6 is 11.3 Å². The van der Waals surface area contributed by atoms with Crippen molar-refractivity contribution < 1.29 is 0 Å². The second kappa shape index (κ2) is 8.62. The fourth-order valence-electron chi connectivity index (χ4n) is 6.21. The van der Waals surface area contributed by atoms with Crippen molar-refractivity contribution in [2.24, 2.45) is 0 Å². The monoisotopic (exact) mass is 542 g/mol. The highest BCUT2D eigenvalue weighted by Gasteiger charge is 2.18. The summed E-state index contributed by atoms with van der Waals surface area (Å²) in [5.41, 5.74) is 9.03. The summed E-state index contributed by atoms with van der Waals surface area (Å²) in [7, 11) is 0. The minimum Gasteiger partial charge on any atom is -0.309 e. The van der Waals surface area contributed by atoms with Crippen molar-refractivity contribution in [3.63, 3.8) is 0 Å². The highest BCUT2D eigenvalue weighted by Crippen LogP contribution is 2.40. The Morgan fingerprint density at radius 1 is 0.488 bits per heavy atom. The highest BCUT2D eigenvalue weighted by atomic mass is 32.1. The third-order valence-electron chi connectivity index (χ3n) is 8.02. The summed E-state index contributed by atoms with van der Waals surface area (Å²) in [6.45, 7) is 0. The van der Waals surface area contributed by atoms with Crippen molar-refractivity contribution in [3.05, 3.63) is 134 Å². The third kappa shape index (κ3) is 3.33. The molecule has 192 valence electrons. The number of thiazole rings is 1. The van der Waals surface area contributed by atoms with Gasteiger partial charge in [0.25, 0.3) is 0 Å². The standard InChI is InChI=1S/C36H22N4S/c1-2-9-24(10-3-1)39-30-13-6-4-11-26(30)28-22-33-29(21-32(28)39)27-12-5-7-14-31(27)40(33)25-18-16-23(17-19-25)36-38-35-34(41-36)15-8-20-37-35/h1-22H. The fraction of sp³-hybridized carbons (Fsp3) is 0. The minimum atomic E-state index is 0.803. The summed E-state index contributed by atoms with van der Waals surface area (Å²) in [4.78, 5) is 9.18. The third-order valence-corrected chi connectivity index (χ3v) is 9.08. The number of fused-ring (bicyclic) bond motifs is 7. The molecule has 4 heterocycles. The van der Waals surface area contributed by atoms with Crippen LogP contribution in [0.1, 0.15) is 0 Å². The molecule has 41 heavy (non-hydrogen) atoms. The van der Waals surface area contributed by atoms with E-state index in [1.165, 1.54) is 49.3 Å². The molecule has 0 atom stereocenters. The molecule has 0 aliphatic heterocycles. The second-order valence-corrected chi connectivity index (χ2v) is 11.3. The number of para-hydroxylation sites is 3. The van der Waals surface area contributed by atoms with Gasteiger partial charge in [0.05, 0.1) is 26.8 Å². The second-order valence-electron chi connectivity index (χ2n) is 10.3. The predicted octanol–water partition coefficient (Wildman–Crippen LogP) is 9.55. The van der Waals surface area contributed by atoms with E-state index in [9.17, 15) is 0 Å². The van der Waals surface area contributed by atoms with E-state index in [4.69, 9.17) is 4.98 Å². The van der Waals surface area contributed by atoms with Crippen molar-refractivity contribution >= 4 is 65.3 Å². The quantitative estimate of drug-likeness (QED) is 0.223. The average molecular weight is 543 g/mol. The zero-order valence-corrected chi connectivity index (χ0v) is 22.7. The molecule has 0 aliphatic rings. The first-order valence-electron chi connectivity index (χ1n) is 13.7. The van der Waals surface area contributed by atoms with Gasteiger partial charge in [-0.3, -0.25) is 0 Å². The molecule has 0 saturated carbocycles. The molecular weight excluding hydrogens is 520 g/mol. The summed E-state index contributed by atoms with van der Waals surface area (Å²) in [6.07, 6.45) is 1.80. The first-order chi connectivity index (χ1) is 20.3. The zero-order chi connectivity index (χ0) is 26.9. The van der Waals surface area contributed by atoms with Crippen LogP contribution in [0.25, 0.3) is 75.9 Å². The molecule has 0 fully saturated rings. The molecule has 0 radical (unpaired) electrons. The average Bonchev–Trinajstić information content (AvgIpc) is 3.71. The fourth-order valence-corrected chi connectivity index (χ4v) is 7.14. The van der Waals surface area contributed by atoms with E-state index >= 15 is 0 Å². The number of pyridine rings is 1. The Bertz CT molecular complexity index is 2380. The Labute approximate surface area is 239 Å².